The third-order valence-electron chi connectivity index (χ3n) is 2.92. The lowest BCUT2D eigenvalue weighted by atomic mass is 10.1. The van der Waals surface area contributed by atoms with E-state index in [0.717, 1.165) is 23.6 Å². The minimum Gasteiger partial charge on any atom is -0.493 e. The Bertz CT molecular complexity index is 523. The van der Waals surface area contributed by atoms with Crippen LogP contribution in [0.25, 0.3) is 0 Å². The van der Waals surface area contributed by atoms with E-state index in [2.05, 4.69) is 36.7 Å². The van der Waals surface area contributed by atoms with Gasteiger partial charge < -0.3 is 14.8 Å². The highest BCUT2D eigenvalue weighted by Gasteiger charge is 2.11. The fourth-order valence-corrected chi connectivity index (χ4v) is 2.49. The number of hydrogen-bond acceptors (Lipinski definition) is 4. The summed E-state index contributed by atoms with van der Waals surface area (Å²) in [5.41, 5.74) is 1.12. The van der Waals surface area contributed by atoms with Crippen LogP contribution in [-0.4, -0.2) is 13.2 Å². The molecule has 20 heavy (non-hydrogen) atoms. The second-order valence-corrected chi connectivity index (χ2v) is 5.88. The zero-order chi connectivity index (χ0) is 14.4. The topological polar surface area (TPSA) is 30.5 Å². The smallest absolute Gasteiger partial charge is 0.166 e. The molecule has 0 amide bonds. The third-order valence-corrected chi connectivity index (χ3v) is 3.77. The predicted molar refractivity (Wildman–Crippen MR) is 83.6 cm³/mol. The van der Waals surface area contributed by atoms with Crippen LogP contribution in [0.4, 0.5) is 0 Å². The van der Waals surface area contributed by atoms with Crippen molar-refractivity contribution in [3.8, 4) is 11.5 Å². The van der Waals surface area contributed by atoms with Crippen LogP contribution in [0.3, 0.4) is 0 Å². The van der Waals surface area contributed by atoms with Crippen LogP contribution in [-0.2, 0) is 13.2 Å². The SMILES string of the molecule is COc1cccc(CNC(C)C)c1OCc1cccs1. The fraction of sp³-hybridized carbons (Fsp3) is 0.375. The average molecular weight is 291 g/mol. The number of ether oxygens (including phenoxy) is 2. The Morgan fingerprint density at radius 3 is 2.70 bits per heavy atom. The van der Waals surface area contributed by atoms with Crippen LogP contribution in [0.1, 0.15) is 24.3 Å². The average Bonchev–Trinajstić information content (AvgIpc) is 2.96. The summed E-state index contributed by atoms with van der Waals surface area (Å²) in [5, 5.41) is 5.47. The molecule has 1 N–H and O–H groups in total. The van der Waals surface area contributed by atoms with Gasteiger partial charge >= 0.3 is 0 Å². The van der Waals surface area contributed by atoms with Gasteiger partial charge in [-0.3, -0.25) is 0 Å². The lowest BCUT2D eigenvalue weighted by molar-refractivity contribution is 0.283. The molecule has 0 saturated heterocycles. The second-order valence-electron chi connectivity index (χ2n) is 4.85. The van der Waals surface area contributed by atoms with Gasteiger partial charge in [0.05, 0.1) is 7.11 Å². The molecule has 2 rings (SSSR count). The van der Waals surface area contributed by atoms with Crippen LogP contribution in [0.2, 0.25) is 0 Å². The summed E-state index contributed by atoms with van der Waals surface area (Å²) in [6.45, 7) is 5.61. The van der Waals surface area contributed by atoms with Crippen molar-refractivity contribution in [3.05, 3.63) is 46.2 Å². The lowest BCUT2D eigenvalue weighted by Gasteiger charge is -2.16. The summed E-state index contributed by atoms with van der Waals surface area (Å²) in [4.78, 5) is 1.21. The van der Waals surface area contributed by atoms with E-state index in [1.54, 1.807) is 18.4 Å². The Labute approximate surface area is 124 Å². The van der Waals surface area contributed by atoms with Crippen LogP contribution < -0.4 is 14.8 Å². The van der Waals surface area contributed by atoms with Gasteiger partial charge in [-0.1, -0.05) is 32.0 Å². The van der Waals surface area contributed by atoms with Crippen molar-refractivity contribution in [2.75, 3.05) is 7.11 Å². The summed E-state index contributed by atoms with van der Waals surface area (Å²) in [6.07, 6.45) is 0. The largest absolute Gasteiger partial charge is 0.493 e. The quantitative estimate of drug-likeness (QED) is 0.841. The number of benzene rings is 1. The predicted octanol–water partition coefficient (Wildman–Crippen LogP) is 3.83. The highest BCUT2D eigenvalue weighted by atomic mass is 32.1. The van der Waals surface area contributed by atoms with Crippen molar-refractivity contribution in [3.63, 3.8) is 0 Å². The minimum absolute atomic E-state index is 0.436. The maximum Gasteiger partial charge on any atom is 0.166 e. The van der Waals surface area contributed by atoms with Crippen LogP contribution in [0.15, 0.2) is 35.7 Å². The Balaban J connectivity index is 2.14. The van der Waals surface area contributed by atoms with Gasteiger partial charge in [-0.2, -0.15) is 0 Å². The number of rotatable bonds is 7. The molecule has 0 aliphatic rings. The van der Waals surface area contributed by atoms with Gasteiger partial charge in [0, 0.05) is 23.0 Å². The van der Waals surface area contributed by atoms with E-state index in [-0.39, 0.29) is 0 Å². The summed E-state index contributed by atoms with van der Waals surface area (Å²) in [6, 6.07) is 10.5. The van der Waals surface area contributed by atoms with E-state index in [9.17, 15) is 0 Å². The molecule has 0 atom stereocenters. The van der Waals surface area contributed by atoms with E-state index in [1.165, 1.54) is 4.88 Å². The molecular formula is C16H21NO2S. The molecule has 0 unspecified atom stereocenters. The fourth-order valence-electron chi connectivity index (χ4n) is 1.88. The molecule has 4 heteroatoms. The second kappa shape index (κ2) is 7.31. The van der Waals surface area contributed by atoms with Crippen molar-refractivity contribution >= 4 is 11.3 Å². The first-order chi connectivity index (χ1) is 9.70. The zero-order valence-corrected chi connectivity index (χ0v) is 13.0. The van der Waals surface area contributed by atoms with Gasteiger partial charge in [0.25, 0.3) is 0 Å². The molecule has 2 aromatic rings. The Kier molecular flexibility index (Phi) is 5.44. The van der Waals surface area contributed by atoms with Crippen LogP contribution >= 0.6 is 11.3 Å². The molecule has 0 spiro atoms. The molecule has 1 heterocycles. The monoisotopic (exact) mass is 291 g/mol. The molecule has 0 aliphatic carbocycles. The molecule has 108 valence electrons. The van der Waals surface area contributed by atoms with Gasteiger partial charge in [0.2, 0.25) is 0 Å². The summed E-state index contributed by atoms with van der Waals surface area (Å²) in [7, 11) is 1.67. The molecule has 3 nitrogen and oxygen atoms in total. The van der Waals surface area contributed by atoms with E-state index < -0.39 is 0 Å². The molecule has 1 aromatic carbocycles. The maximum absolute atomic E-state index is 5.98. The van der Waals surface area contributed by atoms with Gasteiger partial charge in [-0.05, 0) is 17.5 Å². The highest BCUT2D eigenvalue weighted by molar-refractivity contribution is 7.09. The maximum atomic E-state index is 5.98. The molecule has 0 saturated carbocycles. The lowest BCUT2D eigenvalue weighted by Crippen LogP contribution is -2.22. The molecule has 0 radical (unpaired) electrons. The number of hydrogen-bond donors (Lipinski definition) is 1. The third kappa shape index (κ3) is 3.99. The number of thiophene rings is 1. The van der Waals surface area contributed by atoms with E-state index in [1.807, 2.05) is 18.2 Å². The number of methoxy groups -OCH3 is 1. The van der Waals surface area contributed by atoms with Crippen molar-refractivity contribution in [1.82, 2.24) is 5.32 Å². The Morgan fingerprint density at radius 1 is 1.20 bits per heavy atom. The molecule has 1 aromatic heterocycles. The Morgan fingerprint density at radius 2 is 2.05 bits per heavy atom. The first kappa shape index (κ1) is 14.9. The molecule has 0 aliphatic heterocycles. The number of nitrogens with one attached hydrogen (secondary N) is 1. The van der Waals surface area contributed by atoms with Gasteiger partial charge in [-0.15, -0.1) is 11.3 Å². The summed E-state index contributed by atoms with van der Waals surface area (Å²) in [5.74, 6) is 1.61. The van der Waals surface area contributed by atoms with Crippen molar-refractivity contribution < 1.29 is 9.47 Å². The normalized spacial score (nSPS) is 10.8. The zero-order valence-electron chi connectivity index (χ0n) is 12.2. The Hall–Kier alpha value is -1.52. The molecule has 0 fully saturated rings. The molecule has 0 bridgehead atoms. The highest BCUT2D eigenvalue weighted by Crippen LogP contribution is 2.32. The standard InChI is InChI=1S/C16H21NO2S/c1-12(2)17-10-13-6-4-8-15(18-3)16(13)19-11-14-7-5-9-20-14/h4-9,12,17H,10-11H2,1-3H3. The van der Waals surface area contributed by atoms with Crippen molar-refractivity contribution in [2.24, 2.45) is 0 Å². The van der Waals surface area contributed by atoms with Crippen LogP contribution in [0, 0.1) is 0 Å². The summed E-state index contributed by atoms with van der Waals surface area (Å²) >= 11 is 1.70. The van der Waals surface area contributed by atoms with Crippen molar-refractivity contribution in [2.45, 2.75) is 33.0 Å². The van der Waals surface area contributed by atoms with Gasteiger partial charge in [0.15, 0.2) is 11.5 Å². The van der Waals surface area contributed by atoms with Gasteiger partial charge in [-0.25, -0.2) is 0 Å². The van der Waals surface area contributed by atoms with Gasteiger partial charge in [0.1, 0.15) is 6.61 Å². The summed E-state index contributed by atoms with van der Waals surface area (Å²) < 4.78 is 11.4. The van der Waals surface area contributed by atoms with E-state index in [0.29, 0.717) is 12.6 Å². The van der Waals surface area contributed by atoms with Crippen LogP contribution in [0.5, 0.6) is 11.5 Å². The van der Waals surface area contributed by atoms with E-state index in [4.69, 9.17) is 9.47 Å². The van der Waals surface area contributed by atoms with Crippen molar-refractivity contribution in [1.29, 1.82) is 0 Å². The first-order valence-electron chi connectivity index (χ1n) is 6.75. The first-order valence-corrected chi connectivity index (χ1v) is 7.63. The minimum atomic E-state index is 0.436. The number of para-hydroxylation sites is 1. The molecular weight excluding hydrogens is 270 g/mol. The van der Waals surface area contributed by atoms with E-state index >= 15 is 0 Å².